The van der Waals surface area contributed by atoms with Crippen LogP contribution in [0.4, 0.5) is 4.79 Å². The van der Waals surface area contributed by atoms with Crippen LogP contribution >= 0.6 is 0 Å². The van der Waals surface area contributed by atoms with Crippen molar-refractivity contribution < 1.29 is 24.9 Å². The molecule has 1 amide bonds. The largest absolute Gasteiger partial charge is 0.489 e. The lowest BCUT2D eigenvalue weighted by Crippen LogP contribution is -2.36. The second-order valence-electron chi connectivity index (χ2n) is 4.83. The van der Waals surface area contributed by atoms with E-state index in [-0.39, 0.29) is 19.6 Å². The summed E-state index contributed by atoms with van der Waals surface area (Å²) in [6, 6.07) is -0.424. The number of likely N-dealkylation sites (tertiary alicyclic amines) is 1. The number of carbonyl (C=O) groups excluding carboxylic acids is 1. The van der Waals surface area contributed by atoms with Crippen LogP contribution in [0.25, 0.3) is 0 Å². The SMILES string of the molecule is CC(O)/C=C/[C@H]1[C@H](O)CC(=O)N1CCCBC(=O)O. The summed E-state index contributed by atoms with van der Waals surface area (Å²) in [5.74, 6) is -0.985. The number of rotatable bonds is 7. The van der Waals surface area contributed by atoms with Crippen molar-refractivity contribution in [3.05, 3.63) is 12.2 Å². The zero-order valence-electron chi connectivity index (χ0n) is 11.0. The first kappa shape index (κ1) is 15.7. The average molecular weight is 269 g/mol. The maximum absolute atomic E-state index is 11.7. The third-order valence-electron chi connectivity index (χ3n) is 3.08. The van der Waals surface area contributed by atoms with Crippen LogP contribution in [-0.4, -0.2) is 64.1 Å². The van der Waals surface area contributed by atoms with Gasteiger partial charge in [-0.15, -0.1) is 0 Å². The van der Waals surface area contributed by atoms with Crippen molar-refractivity contribution in [2.75, 3.05) is 6.54 Å². The highest BCUT2D eigenvalue weighted by Gasteiger charge is 2.36. The number of hydrogen-bond acceptors (Lipinski definition) is 4. The predicted molar refractivity (Wildman–Crippen MR) is 71.5 cm³/mol. The maximum Gasteiger partial charge on any atom is 0.260 e. The molecular weight excluding hydrogens is 249 g/mol. The maximum atomic E-state index is 11.7. The van der Waals surface area contributed by atoms with E-state index in [4.69, 9.17) is 5.11 Å². The summed E-state index contributed by atoms with van der Waals surface area (Å²) in [6.07, 6.45) is 2.95. The van der Waals surface area contributed by atoms with Crippen molar-refractivity contribution in [2.45, 2.75) is 44.3 Å². The fourth-order valence-electron chi connectivity index (χ4n) is 2.13. The summed E-state index contributed by atoms with van der Waals surface area (Å²) in [6.45, 7) is 2.02. The Morgan fingerprint density at radius 3 is 2.89 bits per heavy atom. The predicted octanol–water partition coefficient (Wildman–Crippen LogP) is -0.192. The van der Waals surface area contributed by atoms with E-state index in [1.807, 2.05) is 0 Å². The van der Waals surface area contributed by atoms with Crippen LogP contribution in [0.5, 0.6) is 0 Å². The van der Waals surface area contributed by atoms with Gasteiger partial charge in [0.2, 0.25) is 11.8 Å². The van der Waals surface area contributed by atoms with Gasteiger partial charge in [0, 0.05) is 6.54 Å². The lowest BCUT2D eigenvalue weighted by molar-refractivity contribution is -0.128. The Morgan fingerprint density at radius 1 is 1.63 bits per heavy atom. The molecule has 1 aliphatic heterocycles. The standard InChI is InChI=1S/C12H20BNO5/c1-8(15)3-4-9-10(16)7-11(17)14(9)6-2-5-13-12(18)19/h3-4,8-10,13,15-16H,2,5-7H2,1H3,(H,18,19)/b4-3+/t8?,9-,10+/m0/s1. The Labute approximate surface area is 113 Å². The lowest BCUT2D eigenvalue weighted by Gasteiger charge is -2.23. The number of aliphatic hydroxyl groups is 2. The molecule has 0 aromatic rings. The molecule has 6 nitrogen and oxygen atoms in total. The van der Waals surface area contributed by atoms with E-state index < -0.39 is 24.1 Å². The minimum Gasteiger partial charge on any atom is -0.489 e. The van der Waals surface area contributed by atoms with Gasteiger partial charge in [0.1, 0.15) is 0 Å². The summed E-state index contributed by atoms with van der Waals surface area (Å²) in [7, 11) is 0.0821. The van der Waals surface area contributed by atoms with Gasteiger partial charge in [0.05, 0.1) is 24.7 Å². The molecule has 3 N–H and O–H groups in total. The Hall–Kier alpha value is -1.34. The van der Waals surface area contributed by atoms with Gasteiger partial charge in [0.25, 0.3) is 7.28 Å². The van der Waals surface area contributed by atoms with Crippen LogP contribution in [0.1, 0.15) is 19.8 Å². The van der Waals surface area contributed by atoms with Crippen molar-refractivity contribution >= 4 is 19.1 Å². The van der Waals surface area contributed by atoms with Gasteiger partial charge < -0.3 is 20.2 Å². The van der Waals surface area contributed by atoms with Gasteiger partial charge in [-0.3, -0.25) is 9.59 Å². The van der Waals surface area contributed by atoms with Crippen molar-refractivity contribution in [2.24, 2.45) is 0 Å². The molecule has 0 aromatic heterocycles. The van der Waals surface area contributed by atoms with E-state index in [1.54, 1.807) is 17.9 Å². The molecule has 0 bridgehead atoms. The van der Waals surface area contributed by atoms with E-state index in [2.05, 4.69) is 0 Å². The van der Waals surface area contributed by atoms with E-state index in [1.165, 1.54) is 6.08 Å². The van der Waals surface area contributed by atoms with Gasteiger partial charge in [-0.1, -0.05) is 18.5 Å². The molecule has 1 saturated heterocycles. The van der Waals surface area contributed by atoms with Crippen LogP contribution in [0, 0.1) is 0 Å². The molecule has 7 heteroatoms. The van der Waals surface area contributed by atoms with E-state index in [0.29, 0.717) is 19.3 Å². The summed E-state index contributed by atoms with van der Waals surface area (Å²) in [5.41, 5.74) is 0. The summed E-state index contributed by atoms with van der Waals surface area (Å²) in [5, 5.41) is 27.5. The topological polar surface area (TPSA) is 98.1 Å². The lowest BCUT2D eigenvalue weighted by atomic mass is 9.74. The molecule has 1 fully saturated rings. The molecule has 19 heavy (non-hydrogen) atoms. The zero-order chi connectivity index (χ0) is 14.4. The highest BCUT2D eigenvalue weighted by Crippen LogP contribution is 2.21. The molecule has 0 radical (unpaired) electrons. The fraction of sp³-hybridized carbons (Fsp3) is 0.667. The summed E-state index contributed by atoms with van der Waals surface area (Å²) in [4.78, 5) is 23.7. The fourth-order valence-corrected chi connectivity index (χ4v) is 2.13. The Morgan fingerprint density at radius 2 is 2.32 bits per heavy atom. The van der Waals surface area contributed by atoms with Crippen molar-refractivity contribution in [3.8, 4) is 0 Å². The number of amides is 1. The first-order valence-corrected chi connectivity index (χ1v) is 6.47. The Balaban J connectivity index is 2.51. The van der Waals surface area contributed by atoms with Gasteiger partial charge in [0.15, 0.2) is 0 Å². The smallest absolute Gasteiger partial charge is 0.260 e. The number of hydrogen-bond donors (Lipinski definition) is 3. The molecule has 106 valence electrons. The van der Waals surface area contributed by atoms with Gasteiger partial charge in [-0.05, 0) is 13.3 Å². The molecule has 0 spiro atoms. The second kappa shape index (κ2) is 7.30. The number of carbonyl (C=O) groups is 2. The van der Waals surface area contributed by atoms with Crippen LogP contribution < -0.4 is 0 Å². The zero-order valence-corrected chi connectivity index (χ0v) is 11.0. The molecule has 0 aromatic carbocycles. The monoisotopic (exact) mass is 269 g/mol. The minimum absolute atomic E-state index is 0.0771. The number of carboxylic acid groups (broad SMARTS) is 1. The van der Waals surface area contributed by atoms with E-state index in [0.717, 1.165) is 0 Å². The van der Waals surface area contributed by atoms with E-state index in [9.17, 15) is 19.8 Å². The number of nitrogens with zero attached hydrogens (tertiary/aromatic N) is 1. The molecule has 1 rings (SSSR count). The van der Waals surface area contributed by atoms with Crippen LogP contribution in [0.15, 0.2) is 12.2 Å². The van der Waals surface area contributed by atoms with Crippen LogP contribution in [0.3, 0.4) is 0 Å². The van der Waals surface area contributed by atoms with Crippen molar-refractivity contribution in [3.63, 3.8) is 0 Å². The molecule has 3 atom stereocenters. The number of aliphatic hydroxyl groups excluding tert-OH is 2. The van der Waals surface area contributed by atoms with Gasteiger partial charge in [-0.2, -0.15) is 0 Å². The molecule has 1 unspecified atom stereocenters. The van der Waals surface area contributed by atoms with Crippen molar-refractivity contribution in [1.82, 2.24) is 4.90 Å². The summed E-state index contributed by atoms with van der Waals surface area (Å²) >= 11 is 0. The molecule has 1 heterocycles. The normalized spacial score (nSPS) is 25.0. The third-order valence-corrected chi connectivity index (χ3v) is 3.08. The molecule has 0 aliphatic carbocycles. The highest BCUT2D eigenvalue weighted by molar-refractivity contribution is 6.71. The molecule has 0 saturated carbocycles. The minimum atomic E-state index is -0.849. The Kier molecular flexibility index (Phi) is 6.04. The van der Waals surface area contributed by atoms with E-state index >= 15 is 0 Å². The highest BCUT2D eigenvalue weighted by atomic mass is 16.4. The van der Waals surface area contributed by atoms with Gasteiger partial charge in [-0.25, -0.2) is 0 Å². The average Bonchev–Trinajstić information content (AvgIpc) is 2.56. The Bertz CT molecular complexity index is 358. The van der Waals surface area contributed by atoms with Gasteiger partial charge >= 0.3 is 0 Å². The first-order chi connectivity index (χ1) is 8.91. The second-order valence-corrected chi connectivity index (χ2v) is 4.83. The van der Waals surface area contributed by atoms with Crippen LogP contribution in [0.2, 0.25) is 6.32 Å². The van der Waals surface area contributed by atoms with Crippen LogP contribution in [-0.2, 0) is 4.79 Å². The quantitative estimate of drug-likeness (QED) is 0.338. The third kappa shape index (κ3) is 5.04. The molecule has 1 aliphatic rings. The first-order valence-electron chi connectivity index (χ1n) is 6.47. The van der Waals surface area contributed by atoms with Crippen molar-refractivity contribution in [1.29, 1.82) is 0 Å². The summed E-state index contributed by atoms with van der Waals surface area (Å²) < 4.78 is 0. The molecular formula is C12H20BNO5.